The van der Waals surface area contributed by atoms with Gasteiger partial charge < -0.3 is 31.2 Å². The van der Waals surface area contributed by atoms with E-state index in [1.54, 1.807) is 13.8 Å². The molecular weight excluding hydrogens is 272 g/mol. The predicted molar refractivity (Wildman–Crippen MR) is 69.2 cm³/mol. The van der Waals surface area contributed by atoms with E-state index in [1.807, 2.05) is 0 Å². The van der Waals surface area contributed by atoms with Crippen molar-refractivity contribution >= 4 is 18.3 Å². The molecule has 0 saturated carbocycles. The summed E-state index contributed by atoms with van der Waals surface area (Å²) < 4.78 is 7.94. The van der Waals surface area contributed by atoms with Crippen LogP contribution in [0.4, 0.5) is 9.59 Å². The van der Waals surface area contributed by atoms with E-state index in [0.717, 1.165) is 12.8 Å². The average Bonchev–Trinajstić information content (AvgIpc) is 2.27. The van der Waals surface area contributed by atoms with Crippen molar-refractivity contribution in [3.63, 3.8) is 0 Å². The zero-order chi connectivity index (χ0) is 16.1. The van der Waals surface area contributed by atoms with Gasteiger partial charge >= 0.3 is 18.3 Å². The summed E-state index contributed by atoms with van der Waals surface area (Å²) in [5.41, 5.74) is 10.4. The molecule has 0 amide bonds. The number of hydrogen-bond acceptors (Lipinski definition) is 7. The number of carbonyl (C=O) groups excluding carboxylic acids is 1. The normalized spacial score (nSPS) is 11.1. The summed E-state index contributed by atoms with van der Waals surface area (Å²) in [5.74, 6) is -0.933. The maximum absolute atomic E-state index is 10.2. The number of unbranched alkanes of at least 4 members (excludes halogenated alkanes) is 1. The highest BCUT2D eigenvalue weighted by Gasteiger charge is 2.10. The zero-order valence-corrected chi connectivity index (χ0v) is 11.6. The van der Waals surface area contributed by atoms with Crippen LogP contribution < -0.4 is 11.5 Å². The van der Waals surface area contributed by atoms with Crippen molar-refractivity contribution in [1.29, 1.82) is 0 Å². The van der Waals surface area contributed by atoms with Crippen LogP contribution in [0.25, 0.3) is 0 Å². The minimum Gasteiger partial charge on any atom is -0.480 e. The number of carboxylic acids is 1. The monoisotopic (exact) mass is 294 g/mol. The molecule has 118 valence electrons. The van der Waals surface area contributed by atoms with Crippen LogP contribution in [0.5, 0.6) is 0 Å². The molecule has 0 saturated heterocycles. The van der Waals surface area contributed by atoms with Gasteiger partial charge in [-0.3, -0.25) is 4.79 Å². The van der Waals surface area contributed by atoms with Crippen LogP contribution in [0.1, 0.15) is 33.1 Å². The number of nitrogens with two attached hydrogens (primary N) is 2. The molecule has 0 aliphatic rings. The molecule has 0 aliphatic carbocycles. The maximum atomic E-state index is 10.2. The van der Waals surface area contributed by atoms with E-state index in [0.29, 0.717) is 13.0 Å². The number of hydrogen-bond donors (Lipinski definition) is 4. The Morgan fingerprint density at radius 1 is 1.15 bits per heavy atom. The van der Waals surface area contributed by atoms with Crippen molar-refractivity contribution in [2.24, 2.45) is 11.5 Å². The SMILES string of the molecule is CC(C)OC(=O)OC(=O)O.NCCCC[C@H](N)C(=O)O. The Morgan fingerprint density at radius 2 is 1.70 bits per heavy atom. The van der Waals surface area contributed by atoms with Gasteiger partial charge in [0.2, 0.25) is 0 Å². The lowest BCUT2D eigenvalue weighted by Gasteiger charge is -2.03. The number of rotatable bonds is 6. The number of carbonyl (C=O) groups is 3. The first-order valence-corrected chi connectivity index (χ1v) is 6.00. The molecule has 0 radical (unpaired) electrons. The van der Waals surface area contributed by atoms with Gasteiger partial charge in [-0.25, -0.2) is 9.59 Å². The van der Waals surface area contributed by atoms with Crippen LogP contribution in [-0.2, 0) is 14.3 Å². The molecular formula is C11H22N2O7. The lowest BCUT2D eigenvalue weighted by Crippen LogP contribution is -2.29. The van der Waals surface area contributed by atoms with E-state index < -0.39 is 24.3 Å². The fraction of sp³-hybridized carbons (Fsp3) is 0.727. The lowest BCUT2D eigenvalue weighted by molar-refractivity contribution is -0.138. The molecule has 1 atom stereocenters. The fourth-order valence-electron chi connectivity index (χ4n) is 0.920. The van der Waals surface area contributed by atoms with E-state index in [-0.39, 0.29) is 6.10 Å². The van der Waals surface area contributed by atoms with Crippen molar-refractivity contribution in [2.45, 2.75) is 45.3 Å². The van der Waals surface area contributed by atoms with Gasteiger partial charge in [0.1, 0.15) is 6.04 Å². The summed E-state index contributed by atoms with van der Waals surface area (Å²) in [6, 6.07) is -0.716. The van der Waals surface area contributed by atoms with Gasteiger partial charge in [0.25, 0.3) is 0 Å². The maximum Gasteiger partial charge on any atom is 0.518 e. The second-order valence-corrected chi connectivity index (χ2v) is 4.01. The van der Waals surface area contributed by atoms with Crippen LogP contribution in [0.2, 0.25) is 0 Å². The number of aliphatic carboxylic acids is 1. The summed E-state index contributed by atoms with van der Waals surface area (Å²) in [4.78, 5) is 30.0. The Bertz CT molecular complexity index is 307. The first kappa shape index (κ1) is 20.4. The van der Waals surface area contributed by atoms with E-state index in [4.69, 9.17) is 21.7 Å². The summed E-state index contributed by atoms with van der Waals surface area (Å²) in [6.07, 6.45) is -1.06. The predicted octanol–water partition coefficient (Wildman–Crippen LogP) is 0.753. The number of ether oxygens (including phenoxy) is 2. The molecule has 9 heteroatoms. The third-order valence-electron chi connectivity index (χ3n) is 1.79. The van der Waals surface area contributed by atoms with Crippen molar-refractivity contribution in [3.8, 4) is 0 Å². The molecule has 6 N–H and O–H groups in total. The molecule has 0 aromatic heterocycles. The summed E-state index contributed by atoms with van der Waals surface area (Å²) in [7, 11) is 0. The number of carboxylic acid groups (broad SMARTS) is 2. The Hall–Kier alpha value is -1.87. The second-order valence-electron chi connectivity index (χ2n) is 4.01. The van der Waals surface area contributed by atoms with Gasteiger partial charge in [0.15, 0.2) is 0 Å². The van der Waals surface area contributed by atoms with Gasteiger partial charge in [-0.1, -0.05) is 6.42 Å². The second kappa shape index (κ2) is 12.2. The van der Waals surface area contributed by atoms with Gasteiger partial charge in [0.05, 0.1) is 6.10 Å². The molecule has 0 spiro atoms. The molecule has 0 rings (SSSR count). The van der Waals surface area contributed by atoms with Crippen LogP contribution in [-0.4, -0.2) is 47.2 Å². The van der Waals surface area contributed by atoms with Crippen LogP contribution in [0, 0.1) is 0 Å². The topological polar surface area (TPSA) is 162 Å². The van der Waals surface area contributed by atoms with Gasteiger partial charge in [-0.15, -0.1) is 0 Å². The van der Waals surface area contributed by atoms with Crippen LogP contribution >= 0.6 is 0 Å². The first-order valence-electron chi connectivity index (χ1n) is 6.00. The summed E-state index contributed by atoms with van der Waals surface area (Å²) in [5, 5.41) is 16.2. The Morgan fingerprint density at radius 3 is 2.05 bits per heavy atom. The lowest BCUT2D eigenvalue weighted by atomic mass is 10.1. The van der Waals surface area contributed by atoms with Crippen molar-refractivity contribution in [2.75, 3.05) is 6.54 Å². The van der Waals surface area contributed by atoms with Crippen molar-refractivity contribution in [1.82, 2.24) is 0 Å². The molecule has 20 heavy (non-hydrogen) atoms. The molecule has 9 nitrogen and oxygen atoms in total. The third-order valence-corrected chi connectivity index (χ3v) is 1.79. The molecule has 0 aromatic carbocycles. The molecule has 0 fully saturated rings. The third kappa shape index (κ3) is 16.1. The highest BCUT2D eigenvalue weighted by Crippen LogP contribution is 1.97. The van der Waals surface area contributed by atoms with Gasteiger partial charge in [0, 0.05) is 0 Å². The zero-order valence-electron chi connectivity index (χ0n) is 11.6. The average molecular weight is 294 g/mol. The van der Waals surface area contributed by atoms with E-state index in [1.165, 1.54) is 0 Å². The minimum absolute atomic E-state index is 0.369. The van der Waals surface area contributed by atoms with E-state index >= 15 is 0 Å². The molecule has 0 unspecified atom stereocenters. The highest BCUT2D eigenvalue weighted by molar-refractivity contribution is 5.75. The quantitative estimate of drug-likeness (QED) is 0.314. The largest absolute Gasteiger partial charge is 0.518 e. The fourth-order valence-corrected chi connectivity index (χ4v) is 0.920. The summed E-state index contributed by atoms with van der Waals surface area (Å²) in [6.45, 7) is 3.78. The smallest absolute Gasteiger partial charge is 0.480 e. The molecule has 0 bridgehead atoms. The van der Waals surface area contributed by atoms with Gasteiger partial charge in [-0.2, -0.15) is 0 Å². The first-order chi connectivity index (χ1) is 9.20. The Labute approximate surface area is 116 Å². The highest BCUT2D eigenvalue weighted by atomic mass is 16.8. The van der Waals surface area contributed by atoms with Crippen LogP contribution in [0.15, 0.2) is 0 Å². The molecule has 0 heterocycles. The van der Waals surface area contributed by atoms with Crippen LogP contribution in [0.3, 0.4) is 0 Å². The Kier molecular flexibility index (Phi) is 12.5. The van der Waals surface area contributed by atoms with Crippen molar-refractivity contribution < 1.29 is 34.1 Å². The molecule has 0 aromatic rings. The molecule has 0 aliphatic heterocycles. The summed E-state index contributed by atoms with van der Waals surface area (Å²) >= 11 is 0. The Balaban J connectivity index is 0. The van der Waals surface area contributed by atoms with E-state index in [2.05, 4.69) is 9.47 Å². The van der Waals surface area contributed by atoms with Gasteiger partial charge in [-0.05, 0) is 33.2 Å². The van der Waals surface area contributed by atoms with E-state index in [9.17, 15) is 14.4 Å². The minimum atomic E-state index is -1.66. The van der Waals surface area contributed by atoms with Crippen molar-refractivity contribution in [3.05, 3.63) is 0 Å². The standard InChI is InChI=1S/C6H14N2O2.C5H8O5/c7-4-2-1-3-5(8)6(9)10;1-3(2)9-5(8)10-4(6)7/h5H,1-4,7-8H2,(H,9,10);3H,1-2H3,(H,6,7)/t5-;/m0./s1.